The molecule has 66 heavy (non-hydrogen) atoms. The van der Waals surface area contributed by atoms with Crippen molar-refractivity contribution in [2.45, 2.75) is 116 Å². The van der Waals surface area contributed by atoms with Crippen LogP contribution in [0.2, 0.25) is 0 Å². The Morgan fingerprint density at radius 2 is 1.26 bits per heavy atom. The standard InChI is InChI=1S/C41H67N11O13S/c1-7-16-66(64,65)17-15-28(41(63)52(6)21-33(57)50-34(22(3)4)39(61)46-20-32(45)56)48-38(60)29(19-31(44)55)49-37(59)27(13-14-30(43)54)47-40(62)35(23(5)8-2)51-36(58)26(42)18-24-9-11-25(53)12-10-24/h9-12,22-23,26-29,34-35,53H,7-8,13-21,42H2,1-6H3,(H2,43,54)(H2,44,55)(H2,45,56)(H,46,61)(H,47,62)(H,48,60)(H,49,59)(H,50,57)(H,51,58)/t23-,26+,27-,28-,29-,34-,35-/m0/s1. The van der Waals surface area contributed by atoms with Gasteiger partial charge < -0.3 is 64.8 Å². The maximum Gasteiger partial charge on any atom is 0.245 e. The van der Waals surface area contributed by atoms with Crippen molar-refractivity contribution in [1.29, 1.82) is 0 Å². The minimum atomic E-state index is -3.77. The maximum absolute atomic E-state index is 13.9. The summed E-state index contributed by atoms with van der Waals surface area (Å²) in [6.07, 6.45) is -1.65. The van der Waals surface area contributed by atoms with Crippen LogP contribution in [0.3, 0.4) is 0 Å². The van der Waals surface area contributed by atoms with Crippen LogP contribution in [0.25, 0.3) is 0 Å². The second-order valence-corrected chi connectivity index (χ2v) is 18.6. The molecule has 7 atom stereocenters. The summed E-state index contributed by atoms with van der Waals surface area (Å²) in [4.78, 5) is 130. The maximum atomic E-state index is 13.9. The summed E-state index contributed by atoms with van der Waals surface area (Å²) in [6, 6.07) is -2.76. The van der Waals surface area contributed by atoms with E-state index in [1.165, 1.54) is 12.1 Å². The summed E-state index contributed by atoms with van der Waals surface area (Å²) in [5.41, 5.74) is 22.6. The van der Waals surface area contributed by atoms with Gasteiger partial charge in [-0.2, -0.15) is 0 Å². The lowest BCUT2D eigenvalue weighted by Crippen LogP contribution is -2.60. The third-order valence-corrected chi connectivity index (χ3v) is 12.1. The van der Waals surface area contributed by atoms with Gasteiger partial charge in [0.15, 0.2) is 0 Å². The molecule has 0 aliphatic carbocycles. The third kappa shape index (κ3) is 21.1. The zero-order valence-corrected chi connectivity index (χ0v) is 39.0. The molecule has 15 N–H and O–H groups in total. The Balaban J connectivity index is 3.41. The van der Waals surface area contributed by atoms with Crippen LogP contribution in [-0.4, -0.2) is 145 Å². The largest absolute Gasteiger partial charge is 0.508 e. The second kappa shape index (κ2) is 27.8. The van der Waals surface area contributed by atoms with Crippen LogP contribution in [0.1, 0.15) is 78.7 Å². The summed E-state index contributed by atoms with van der Waals surface area (Å²) in [5.74, 6) is -11.2. The molecule has 0 radical (unpaired) electrons. The summed E-state index contributed by atoms with van der Waals surface area (Å²) >= 11 is 0. The van der Waals surface area contributed by atoms with Crippen molar-refractivity contribution in [3.05, 3.63) is 29.8 Å². The van der Waals surface area contributed by atoms with Crippen molar-refractivity contribution in [2.24, 2.45) is 34.8 Å². The van der Waals surface area contributed by atoms with Gasteiger partial charge in [-0.15, -0.1) is 0 Å². The van der Waals surface area contributed by atoms with Gasteiger partial charge in [0, 0.05) is 19.2 Å². The highest BCUT2D eigenvalue weighted by atomic mass is 32.2. The molecule has 0 bridgehead atoms. The number of likely N-dealkylation sites (N-methyl/N-ethyl adjacent to an activating group) is 1. The van der Waals surface area contributed by atoms with E-state index >= 15 is 0 Å². The van der Waals surface area contributed by atoms with Gasteiger partial charge in [0.2, 0.25) is 59.1 Å². The monoisotopic (exact) mass is 953 g/mol. The molecular formula is C41H67N11O13S. The third-order valence-electron chi connectivity index (χ3n) is 10.2. The lowest BCUT2D eigenvalue weighted by atomic mass is 9.96. The van der Waals surface area contributed by atoms with Crippen LogP contribution < -0.4 is 54.8 Å². The first-order valence-corrected chi connectivity index (χ1v) is 23.2. The second-order valence-electron chi connectivity index (χ2n) is 16.3. The molecule has 0 aliphatic rings. The first-order valence-electron chi connectivity index (χ1n) is 21.3. The van der Waals surface area contributed by atoms with Crippen LogP contribution in [0.5, 0.6) is 5.75 Å². The lowest BCUT2D eigenvalue weighted by molar-refractivity contribution is -0.140. The number of phenolic OH excluding ortho intramolecular Hbond substituents is 1. The molecule has 370 valence electrons. The number of sulfone groups is 1. The van der Waals surface area contributed by atoms with Gasteiger partial charge >= 0.3 is 0 Å². The number of phenols is 1. The van der Waals surface area contributed by atoms with E-state index in [2.05, 4.69) is 31.9 Å². The highest BCUT2D eigenvalue weighted by molar-refractivity contribution is 7.91. The van der Waals surface area contributed by atoms with Crippen molar-refractivity contribution in [2.75, 3.05) is 31.6 Å². The van der Waals surface area contributed by atoms with Gasteiger partial charge in [0.1, 0.15) is 45.8 Å². The summed E-state index contributed by atoms with van der Waals surface area (Å²) in [6.45, 7) is 6.99. The predicted octanol–water partition coefficient (Wildman–Crippen LogP) is -4.20. The molecule has 0 unspecified atom stereocenters. The fourth-order valence-corrected chi connectivity index (χ4v) is 7.70. The number of carbonyl (C=O) groups is 10. The number of nitrogens with two attached hydrogens (primary N) is 4. The molecule has 0 aliphatic heterocycles. The Labute approximate surface area is 384 Å². The van der Waals surface area contributed by atoms with E-state index in [1.54, 1.807) is 46.8 Å². The van der Waals surface area contributed by atoms with Gasteiger partial charge in [-0.25, -0.2) is 8.42 Å². The van der Waals surface area contributed by atoms with Crippen LogP contribution in [0.4, 0.5) is 0 Å². The van der Waals surface area contributed by atoms with E-state index in [9.17, 15) is 61.5 Å². The van der Waals surface area contributed by atoms with Crippen molar-refractivity contribution < 1.29 is 61.5 Å². The fraction of sp³-hybridized carbons (Fsp3) is 0.610. The Morgan fingerprint density at radius 1 is 0.682 bits per heavy atom. The average molecular weight is 954 g/mol. The number of carbonyl (C=O) groups excluding carboxylic acids is 10. The lowest BCUT2D eigenvalue weighted by Gasteiger charge is -2.29. The average Bonchev–Trinajstić information content (AvgIpc) is 3.23. The first kappa shape index (κ1) is 57.6. The number of hydrogen-bond donors (Lipinski definition) is 11. The molecule has 10 amide bonds. The topological polar surface area (TPSA) is 405 Å². The number of amides is 10. The molecule has 1 aromatic rings. The number of nitrogens with one attached hydrogen (secondary N) is 6. The highest BCUT2D eigenvalue weighted by Crippen LogP contribution is 2.14. The highest BCUT2D eigenvalue weighted by Gasteiger charge is 2.35. The van der Waals surface area contributed by atoms with Gasteiger partial charge in [0.25, 0.3) is 0 Å². The zero-order valence-electron chi connectivity index (χ0n) is 38.2. The van der Waals surface area contributed by atoms with Gasteiger partial charge in [-0.05, 0) is 55.2 Å². The van der Waals surface area contributed by atoms with E-state index in [0.717, 1.165) is 11.9 Å². The molecule has 1 rings (SSSR count). The first-order chi connectivity index (χ1) is 30.7. The predicted molar refractivity (Wildman–Crippen MR) is 239 cm³/mol. The number of aromatic hydroxyl groups is 1. The Morgan fingerprint density at radius 3 is 1.79 bits per heavy atom. The smallest absolute Gasteiger partial charge is 0.245 e. The molecule has 0 aromatic heterocycles. The van der Waals surface area contributed by atoms with E-state index in [-0.39, 0.29) is 24.3 Å². The van der Waals surface area contributed by atoms with Gasteiger partial charge in [-0.1, -0.05) is 53.2 Å². The number of rotatable bonds is 30. The molecule has 0 spiro atoms. The van der Waals surface area contributed by atoms with E-state index in [4.69, 9.17) is 22.9 Å². The number of benzene rings is 1. The van der Waals surface area contributed by atoms with Crippen molar-refractivity contribution in [1.82, 2.24) is 36.8 Å². The molecule has 0 heterocycles. The van der Waals surface area contributed by atoms with Crippen molar-refractivity contribution >= 4 is 68.9 Å². The SMILES string of the molecule is CCCS(=O)(=O)CC[C@H](NC(=O)[C@H](CC(N)=O)NC(=O)[C@H](CCC(N)=O)NC(=O)[C@@H](NC(=O)[C@H](N)Cc1ccc(O)cc1)[C@@H](C)CC)C(=O)N(C)CC(=O)N[C@H](C(=O)NCC(N)=O)C(C)C. The Bertz CT molecular complexity index is 2000. The number of hydrogen-bond acceptors (Lipinski definition) is 14. The molecular weight excluding hydrogens is 887 g/mol. The minimum Gasteiger partial charge on any atom is -0.508 e. The molecule has 25 heteroatoms. The fourth-order valence-electron chi connectivity index (χ4n) is 6.28. The van der Waals surface area contributed by atoms with Crippen LogP contribution in [-0.2, 0) is 64.2 Å². The Hall–Kier alpha value is -6.37. The normalized spacial score (nSPS) is 14.4. The van der Waals surface area contributed by atoms with E-state index in [1.807, 2.05) is 0 Å². The van der Waals surface area contributed by atoms with Crippen molar-refractivity contribution in [3.8, 4) is 5.75 Å². The zero-order chi connectivity index (χ0) is 50.5. The van der Waals surface area contributed by atoms with E-state index < -0.39 is 162 Å². The molecule has 0 saturated carbocycles. The molecule has 1 aromatic carbocycles. The van der Waals surface area contributed by atoms with Crippen LogP contribution in [0, 0.1) is 11.8 Å². The quantitative estimate of drug-likeness (QED) is 0.0349. The summed E-state index contributed by atoms with van der Waals surface area (Å²) in [5, 5.41) is 24.0. The van der Waals surface area contributed by atoms with E-state index in [0.29, 0.717) is 12.0 Å². The van der Waals surface area contributed by atoms with Gasteiger partial charge in [0.05, 0.1) is 31.3 Å². The summed E-state index contributed by atoms with van der Waals surface area (Å²) in [7, 11) is -2.61. The molecule has 0 saturated heterocycles. The number of primary amides is 3. The molecule has 24 nitrogen and oxygen atoms in total. The minimum absolute atomic E-state index is 0.00477. The van der Waals surface area contributed by atoms with Gasteiger partial charge in [-0.3, -0.25) is 47.9 Å². The van der Waals surface area contributed by atoms with Crippen molar-refractivity contribution in [3.63, 3.8) is 0 Å². The Kier molecular flexibility index (Phi) is 24.3. The van der Waals surface area contributed by atoms with Crippen LogP contribution in [0.15, 0.2) is 24.3 Å². The molecule has 0 fully saturated rings. The van der Waals surface area contributed by atoms with Crippen LogP contribution >= 0.6 is 0 Å². The number of nitrogens with zero attached hydrogens (tertiary/aromatic N) is 1. The summed E-state index contributed by atoms with van der Waals surface area (Å²) < 4.78 is 25.5.